The molecule has 3 aromatic rings. The highest BCUT2D eigenvalue weighted by Crippen LogP contribution is 2.35. The van der Waals surface area contributed by atoms with Crippen LogP contribution in [0.15, 0.2) is 41.2 Å². The van der Waals surface area contributed by atoms with Gasteiger partial charge in [0.05, 0.1) is 47.2 Å². The number of rotatable bonds is 9. The molecule has 0 spiro atoms. The topological polar surface area (TPSA) is 140 Å². The van der Waals surface area contributed by atoms with Crippen molar-refractivity contribution in [3.05, 3.63) is 85.5 Å². The number of hydrogen-bond donors (Lipinski definition) is 0. The summed E-state index contributed by atoms with van der Waals surface area (Å²) in [5.41, 5.74) is 0.621. The predicted molar refractivity (Wildman–Crippen MR) is 143 cm³/mol. The molecule has 0 atom stereocenters. The number of ether oxygens (including phenoxy) is 4. The molecular weight excluding hydrogens is 557 g/mol. The molecule has 1 aliphatic rings. The number of nitrogens with zero attached hydrogens (tertiary/aromatic N) is 5. The van der Waals surface area contributed by atoms with Gasteiger partial charge in [-0.3, -0.25) is 9.69 Å². The molecule has 0 unspecified atom stereocenters. The lowest BCUT2D eigenvalue weighted by atomic mass is 10.1. The number of carbonyl (C=O) groups excluding carboxylic acids is 1. The lowest BCUT2D eigenvalue weighted by Gasteiger charge is -2.25. The summed E-state index contributed by atoms with van der Waals surface area (Å²) in [6.07, 6.45) is -0.993. The van der Waals surface area contributed by atoms with Crippen molar-refractivity contribution in [2.24, 2.45) is 0 Å². The molecule has 13 heteroatoms. The number of morpholine rings is 1. The van der Waals surface area contributed by atoms with Crippen LogP contribution in [-0.4, -0.2) is 60.3 Å². The van der Waals surface area contributed by atoms with Crippen molar-refractivity contribution in [2.45, 2.75) is 20.1 Å². The van der Waals surface area contributed by atoms with Gasteiger partial charge in [0.15, 0.2) is 18.3 Å². The van der Waals surface area contributed by atoms with E-state index in [0.717, 1.165) is 17.8 Å². The van der Waals surface area contributed by atoms with E-state index in [1.807, 2.05) is 12.1 Å². The number of halogens is 2. The Morgan fingerprint density at radius 3 is 2.51 bits per heavy atom. The van der Waals surface area contributed by atoms with Crippen molar-refractivity contribution in [1.29, 1.82) is 10.5 Å². The molecule has 41 heavy (non-hydrogen) atoms. The van der Waals surface area contributed by atoms with Crippen LogP contribution in [0.3, 0.4) is 0 Å². The maximum absolute atomic E-state index is 15.5. The fourth-order valence-electron chi connectivity index (χ4n) is 4.06. The maximum atomic E-state index is 15.5. The van der Waals surface area contributed by atoms with Gasteiger partial charge in [0.25, 0.3) is 5.56 Å². The van der Waals surface area contributed by atoms with Gasteiger partial charge >= 0.3 is 6.16 Å². The molecule has 0 saturated carbocycles. The van der Waals surface area contributed by atoms with Crippen molar-refractivity contribution in [1.82, 2.24) is 14.7 Å². The van der Waals surface area contributed by atoms with Crippen LogP contribution in [0, 0.1) is 35.4 Å². The van der Waals surface area contributed by atoms with Crippen molar-refractivity contribution in [3.8, 4) is 23.6 Å². The third kappa shape index (κ3) is 7.80. The minimum Gasteiger partial charge on any atom is -0.453 e. The molecular formula is C28H25ClFN5O6. The molecule has 0 aliphatic carbocycles. The number of hydrogen-bond acceptors (Lipinski definition) is 10. The van der Waals surface area contributed by atoms with E-state index in [4.69, 9.17) is 30.5 Å². The lowest BCUT2D eigenvalue weighted by molar-refractivity contribution is 0.00623. The van der Waals surface area contributed by atoms with E-state index in [2.05, 4.69) is 10.00 Å². The highest BCUT2D eigenvalue weighted by atomic mass is 35.5. The van der Waals surface area contributed by atoms with Crippen LogP contribution in [-0.2, 0) is 27.4 Å². The molecule has 2 aromatic carbocycles. The second kappa shape index (κ2) is 13.7. The highest BCUT2D eigenvalue weighted by molar-refractivity contribution is 6.32. The average Bonchev–Trinajstić information content (AvgIpc) is 2.98. The van der Waals surface area contributed by atoms with Gasteiger partial charge in [0.1, 0.15) is 12.4 Å². The Labute approximate surface area is 239 Å². The second-order valence-electron chi connectivity index (χ2n) is 9.05. The molecule has 1 aromatic heterocycles. The fraction of sp³-hybridized carbons (Fsp3) is 0.321. The molecule has 1 fully saturated rings. The molecule has 0 N–H and O–H groups in total. The minimum absolute atomic E-state index is 0.0261. The second-order valence-corrected chi connectivity index (χ2v) is 9.45. The Kier molecular flexibility index (Phi) is 9.87. The van der Waals surface area contributed by atoms with Gasteiger partial charge in [-0.1, -0.05) is 17.7 Å². The van der Waals surface area contributed by atoms with Crippen LogP contribution in [0.4, 0.5) is 9.18 Å². The molecule has 212 valence electrons. The number of benzene rings is 2. The van der Waals surface area contributed by atoms with Gasteiger partial charge < -0.3 is 18.9 Å². The van der Waals surface area contributed by atoms with Gasteiger partial charge in [0.2, 0.25) is 0 Å². The SMILES string of the molecule is Cc1cc(Cc2ccc(Cl)c(Oc3cc(C#N)cc(C#N)c3)c2F)nn(COC(=O)OCCN2CCOCC2)c1=O. The quantitative estimate of drug-likeness (QED) is 0.342. The summed E-state index contributed by atoms with van der Waals surface area (Å²) in [7, 11) is 0. The third-order valence-corrected chi connectivity index (χ3v) is 6.42. The van der Waals surface area contributed by atoms with Gasteiger partial charge in [-0.2, -0.15) is 20.3 Å². The summed E-state index contributed by atoms with van der Waals surface area (Å²) < 4.78 is 37.5. The van der Waals surface area contributed by atoms with E-state index in [0.29, 0.717) is 31.0 Å². The van der Waals surface area contributed by atoms with Crippen molar-refractivity contribution in [3.63, 3.8) is 0 Å². The number of aromatic nitrogens is 2. The summed E-state index contributed by atoms with van der Waals surface area (Å²) in [6.45, 7) is 4.49. The smallest absolute Gasteiger partial charge is 0.453 e. The first-order valence-corrected chi connectivity index (χ1v) is 12.9. The predicted octanol–water partition coefficient (Wildman–Crippen LogP) is 3.91. The summed E-state index contributed by atoms with van der Waals surface area (Å²) in [5.74, 6) is -1.01. The van der Waals surface area contributed by atoms with E-state index in [1.54, 1.807) is 6.92 Å². The first kappa shape index (κ1) is 29.5. The van der Waals surface area contributed by atoms with Crippen LogP contribution in [0.1, 0.15) is 27.9 Å². The van der Waals surface area contributed by atoms with Crippen LogP contribution in [0.25, 0.3) is 0 Å². The average molecular weight is 582 g/mol. The zero-order valence-electron chi connectivity index (χ0n) is 22.1. The molecule has 1 aliphatic heterocycles. The van der Waals surface area contributed by atoms with Crippen molar-refractivity contribution < 1.29 is 28.1 Å². The number of aryl methyl sites for hydroxylation is 1. The zero-order chi connectivity index (χ0) is 29.4. The van der Waals surface area contributed by atoms with Crippen LogP contribution >= 0.6 is 11.6 Å². The lowest BCUT2D eigenvalue weighted by Crippen LogP contribution is -2.38. The fourth-order valence-corrected chi connectivity index (χ4v) is 4.24. The summed E-state index contributed by atoms with van der Waals surface area (Å²) in [5, 5.41) is 22.6. The largest absolute Gasteiger partial charge is 0.510 e. The highest BCUT2D eigenvalue weighted by Gasteiger charge is 2.18. The Bertz CT molecular complexity index is 1540. The Balaban J connectivity index is 1.45. The molecule has 4 rings (SSSR count). The standard InChI is InChI=1S/C28H25ClFN5O6/c1-18-10-22(33-35(27(18)36)17-40-28(37)39-9-6-34-4-7-38-8-5-34)14-21-2-3-24(29)26(25(21)30)41-23-12-19(15-31)11-20(13-23)16-32/h2-3,10-13H,4-9,14,17H2,1H3. The van der Waals surface area contributed by atoms with E-state index >= 15 is 4.39 Å². The summed E-state index contributed by atoms with van der Waals surface area (Å²) >= 11 is 6.20. The summed E-state index contributed by atoms with van der Waals surface area (Å²) in [6, 6.07) is 12.3. The van der Waals surface area contributed by atoms with Gasteiger partial charge in [-0.05, 0) is 42.8 Å². The Morgan fingerprint density at radius 2 is 1.83 bits per heavy atom. The van der Waals surface area contributed by atoms with E-state index < -0.39 is 24.3 Å². The molecule has 11 nitrogen and oxygen atoms in total. The Morgan fingerprint density at radius 1 is 1.12 bits per heavy atom. The van der Waals surface area contributed by atoms with Crippen molar-refractivity contribution >= 4 is 17.8 Å². The normalized spacial score (nSPS) is 13.2. The minimum atomic E-state index is -0.944. The van der Waals surface area contributed by atoms with E-state index in [1.165, 1.54) is 36.4 Å². The third-order valence-electron chi connectivity index (χ3n) is 6.13. The molecule has 2 heterocycles. The molecule has 0 amide bonds. The van der Waals surface area contributed by atoms with Crippen LogP contribution < -0.4 is 10.3 Å². The first-order chi connectivity index (χ1) is 19.8. The number of carbonyl (C=O) groups is 1. The van der Waals surface area contributed by atoms with E-state index in [-0.39, 0.29) is 46.2 Å². The Hall–Kier alpha value is -4.49. The monoisotopic (exact) mass is 581 g/mol. The van der Waals surface area contributed by atoms with Gasteiger partial charge in [-0.15, -0.1) is 0 Å². The van der Waals surface area contributed by atoms with E-state index in [9.17, 15) is 20.1 Å². The van der Waals surface area contributed by atoms with Gasteiger partial charge in [-0.25, -0.2) is 9.18 Å². The molecule has 0 radical (unpaired) electrons. The van der Waals surface area contributed by atoms with Crippen LogP contribution in [0.5, 0.6) is 11.5 Å². The summed E-state index contributed by atoms with van der Waals surface area (Å²) in [4.78, 5) is 26.7. The van der Waals surface area contributed by atoms with Gasteiger partial charge in [0, 0.05) is 31.6 Å². The molecule has 1 saturated heterocycles. The first-order valence-electron chi connectivity index (χ1n) is 12.5. The van der Waals surface area contributed by atoms with Crippen molar-refractivity contribution in [2.75, 3.05) is 39.5 Å². The number of nitriles is 2. The zero-order valence-corrected chi connectivity index (χ0v) is 22.8. The molecule has 0 bridgehead atoms. The van der Waals surface area contributed by atoms with Crippen LogP contribution in [0.2, 0.25) is 5.02 Å². The maximum Gasteiger partial charge on any atom is 0.510 e.